The number of halogens is 1. The molecule has 6 heteroatoms. The summed E-state index contributed by atoms with van der Waals surface area (Å²) in [5, 5.41) is 2.05. The Kier molecular flexibility index (Phi) is 6.42. The summed E-state index contributed by atoms with van der Waals surface area (Å²) in [7, 11) is 0. The zero-order chi connectivity index (χ0) is 17.5. The van der Waals surface area contributed by atoms with Crippen molar-refractivity contribution in [3.8, 4) is 5.75 Å². The van der Waals surface area contributed by atoms with E-state index in [-0.39, 0.29) is 24.4 Å². The summed E-state index contributed by atoms with van der Waals surface area (Å²) in [4.78, 5) is 15.9. The van der Waals surface area contributed by atoms with Crippen LogP contribution in [0.3, 0.4) is 0 Å². The van der Waals surface area contributed by atoms with Crippen molar-refractivity contribution in [2.75, 3.05) is 26.4 Å². The second-order valence-electron chi connectivity index (χ2n) is 6.00. The van der Waals surface area contributed by atoms with Crippen molar-refractivity contribution in [1.29, 1.82) is 0 Å². The predicted octanol–water partition coefficient (Wildman–Crippen LogP) is 3.52. The van der Waals surface area contributed by atoms with E-state index in [2.05, 4.69) is 6.07 Å². The molecule has 0 aliphatic carbocycles. The molecule has 1 aliphatic rings. The van der Waals surface area contributed by atoms with Gasteiger partial charge in [-0.2, -0.15) is 0 Å². The van der Waals surface area contributed by atoms with Crippen molar-refractivity contribution in [3.63, 3.8) is 0 Å². The quantitative estimate of drug-likeness (QED) is 0.756. The van der Waals surface area contributed by atoms with E-state index in [1.165, 1.54) is 29.1 Å². The lowest BCUT2D eigenvalue weighted by molar-refractivity contribution is -0.137. The van der Waals surface area contributed by atoms with E-state index >= 15 is 0 Å². The first kappa shape index (κ1) is 17.9. The molecule has 2 aromatic rings. The maximum absolute atomic E-state index is 12.9. The van der Waals surface area contributed by atoms with Crippen LogP contribution in [0.25, 0.3) is 0 Å². The third-order valence-electron chi connectivity index (χ3n) is 4.31. The molecule has 0 bridgehead atoms. The number of carbonyl (C=O) groups excluding carboxylic acids is 1. The number of carbonyl (C=O) groups is 1. The Labute approximate surface area is 151 Å². The number of nitrogens with zero attached hydrogens (tertiary/aromatic N) is 1. The second-order valence-corrected chi connectivity index (χ2v) is 7.03. The molecule has 1 amide bonds. The number of thiophene rings is 1. The fourth-order valence-electron chi connectivity index (χ4n) is 2.95. The van der Waals surface area contributed by atoms with Gasteiger partial charge in [0.1, 0.15) is 11.6 Å². The normalized spacial score (nSPS) is 15.1. The number of benzene rings is 1. The monoisotopic (exact) mass is 363 g/mol. The predicted molar refractivity (Wildman–Crippen MR) is 95.5 cm³/mol. The molecule has 25 heavy (non-hydrogen) atoms. The summed E-state index contributed by atoms with van der Waals surface area (Å²) in [6, 6.07) is 10.0. The Morgan fingerprint density at radius 2 is 2.00 bits per heavy atom. The van der Waals surface area contributed by atoms with Crippen molar-refractivity contribution >= 4 is 17.2 Å². The van der Waals surface area contributed by atoms with Crippen LogP contribution in [0.5, 0.6) is 5.75 Å². The van der Waals surface area contributed by atoms with Crippen LogP contribution < -0.4 is 4.74 Å². The first-order chi connectivity index (χ1) is 12.2. The van der Waals surface area contributed by atoms with Gasteiger partial charge >= 0.3 is 0 Å². The van der Waals surface area contributed by atoms with Crippen LogP contribution in [0.15, 0.2) is 41.8 Å². The highest BCUT2D eigenvalue weighted by molar-refractivity contribution is 7.09. The number of rotatable bonds is 7. The highest BCUT2D eigenvalue weighted by atomic mass is 32.1. The molecular formula is C19H22FNO3S. The van der Waals surface area contributed by atoms with Crippen molar-refractivity contribution in [2.45, 2.75) is 25.3 Å². The third-order valence-corrected chi connectivity index (χ3v) is 5.24. The molecule has 4 nitrogen and oxygen atoms in total. The Hall–Kier alpha value is -1.92. The summed E-state index contributed by atoms with van der Waals surface area (Å²) >= 11 is 1.71. The van der Waals surface area contributed by atoms with E-state index in [1.807, 2.05) is 16.3 Å². The number of hydrogen-bond donors (Lipinski definition) is 0. The summed E-state index contributed by atoms with van der Waals surface area (Å²) in [5.41, 5.74) is 0. The molecule has 0 N–H and O–H groups in total. The molecule has 1 aromatic heterocycles. The first-order valence-electron chi connectivity index (χ1n) is 8.50. The van der Waals surface area contributed by atoms with E-state index in [0.29, 0.717) is 25.5 Å². The van der Waals surface area contributed by atoms with Crippen LogP contribution in [0.1, 0.15) is 17.7 Å². The number of ether oxygens (including phenoxy) is 2. The SMILES string of the molecule is O=C(COc1ccc(F)cc1)N(CCc1cccs1)C1CCOCC1. The highest BCUT2D eigenvalue weighted by Crippen LogP contribution is 2.18. The maximum Gasteiger partial charge on any atom is 0.260 e. The molecule has 0 atom stereocenters. The first-order valence-corrected chi connectivity index (χ1v) is 9.38. The Bertz CT molecular complexity index is 654. The minimum Gasteiger partial charge on any atom is -0.484 e. The van der Waals surface area contributed by atoms with Gasteiger partial charge in [-0.3, -0.25) is 4.79 Å². The largest absolute Gasteiger partial charge is 0.484 e. The molecule has 134 valence electrons. The van der Waals surface area contributed by atoms with E-state index in [1.54, 1.807) is 11.3 Å². The van der Waals surface area contributed by atoms with Crippen molar-refractivity contribution < 1.29 is 18.7 Å². The van der Waals surface area contributed by atoms with Crippen LogP contribution in [0, 0.1) is 5.82 Å². The second kappa shape index (κ2) is 8.97. The van der Waals surface area contributed by atoms with Gasteiger partial charge in [-0.1, -0.05) is 6.07 Å². The lowest BCUT2D eigenvalue weighted by Gasteiger charge is -2.34. The molecule has 0 unspecified atom stereocenters. The maximum atomic E-state index is 12.9. The summed E-state index contributed by atoms with van der Waals surface area (Å²) < 4.78 is 23.9. The van der Waals surface area contributed by atoms with Gasteiger partial charge in [-0.15, -0.1) is 11.3 Å². The molecule has 3 rings (SSSR count). The van der Waals surface area contributed by atoms with Crippen LogP contribution in [0.4, 0.5) is 4.39 Å². The molecule has 0 saturated carbocycles. The smallest absolute Gasteiger partial charge is 0.260 e. The molecule has 2 heterocycles. The Morgan fingerprint density at radius 3 is 2.68 bits per heavy atom. The summed E-state index contributed by atoms with van der Waals surface area (Å²) in [6.07, 6.45) is 2.55. The molecule has 0 spiro atoms. The molecule has 1 fully saturated rings. The van der Waals surface area contributed by atoms with E-state index in [9.17, 15) is 9.18 Å². The van der Waals surface area contributed by atoms with Gasteiger partial charge < -0.3 is 14.4 Å². The Morgan fingerprint density at radius 1 is 1.24 bits per heavy atom. The Balaban J connectivity index is 1.59. The van der Waals surface area contributed by atoms with Gasteiger partial charge in [0.2, 0.25) is 0 Å². The zero-order valence-corrected chi connectivity index (χ0v) is 14.8. The zero-order valence-electron chi connectivity index (χ0n) is 14.0. The van der Waals surface area contributed by atoms with Crippen molar-refractivity contribution in [2.24, 2.45) is 0 Å². The van der Waals surface area contributed by atoms with Gasteiger partial charge in [0, 0.05) is 30.7 Å². The van der Waals surface area contributed by atoms with Crippen molar-refractivity contribution in [3.05, 3.63) is 52.5 Å². The molecule has 1 saturated heterocycles. The standard InChI is InChI=1S/C19H22FNO3S/c20-15-3-5-17(6-4-15)24-14-19(22)21(16-8-11-23-12-9-16)10-7-18-2-1-13-25-18/h1-6,13,16H,7-12,14H2. The van der Waals surface area contributed by atoms with Gasteiger partial charge in [0.25, 0.3) is 5.91 Å². The van der Waals surface area contributed by atoms with Gasteiger partial charge in [0.05, 0.1) is 0 Å². The third kappa shape index (κ3) is 5.28. The molecule has 1 aromatic carbocycles. The summed E-state index contributed by atoms with van der Waals surface area (Å²) in [6.45, 7) is 2.02. The highest BCUT2D eigenvalue weighted by Gasteiger charge is 2.26. The van der Waals surface area contributed by atoms with Crippen LogP contribution in [-0.4, -0.2) is 43.2 Å². The molecule has 1 aliphatic heterocycles. The van der Waals surface area contributed by atoms with Gasteiger partial charge in [-0.05, 0) is 55.0 Å². The van der Waals surface area contributed by atoms with E-state index in [4.69, 9.17) is 9.47 Å². The van der Waals surface area contributed by atoms with Gasteiger partial charge in [0.15, 0.2) is 6.61 Å². The summed E-state index contributed by atoms with van der Waals surface area (Å²) in [5.74, 6) is 0.145. The number of amides is 1. The topological polar surface area (TPSA) is 38.8 Å². The van der Waals surface area contributed by atoms with E-state index in [0.717, 1.165) is 19.3 Å². The molecule has 0 radical (unpaired) electrons. The van der Waals surface area contributed by atoms with Crippen LogP contribution in [-0.2, 0) is 16.0 Å². The lowest BCUT2D eigenvalue weighted by Crippen LogP contribution is -2.46. The average molecular weight is 363 g/mol. The number of hydrogen-bond acceptors (Lipinski definition) is 4. The fraction of sp³-hybridized carbons (Fsp3) is 0.421. The minimum atomic E-state index is -0.321. The average Bonchev–Trinajstić information content (AvgIpc) is 3.16. The molecular weight excluding hydrogens is 341 g/mol. The van der Waals surface area contributed by atoms with Gasteiger partial charge in [-0.25, -0.2) is 4.39 Å². The lowest BCUT2D eigenvalue weighted by atomic mass is 10.1. The van der Waals surface area contributed by atoms with Crippen LogP contribution in [0.2, 0.25) is 0 Å². The fourth-order valence-corrected chi connectivity index (χ4v) is 3.65. The minimum absolute atomic E-state index is 0.0343. The van der Waals surface area contributed by atoms with E-state index < -0.39 is 0 Å². The van der Waals surface area contributed by atoms with Crippen LogP contribution >= 0.6 is 11.3 Å². The van der Waals surface area contributed by atoms with Crippen molar-refractivity contribution in [1.82, 2.24) is 4.90 Å².